The molecule has 0 aliphatic carbocycles. The number of ketones is 1. The molecule has 32 heavy (non-hydrogen) atoms. The molecule has 0 spiro atoms. The number of carbonyl (C=O) groups excluding carboxylic acids is 2. The van der Waals surface area contributed by atoms with E-state index in [0.29, 0.717) is 30.6 Å². The standard InChI is InChI=1S/C26H30N2O4/c1-26(2)15-19-9-10-21(32-3)13-22(19)23(27-26)14-24(30)17-6-4-7-18(12-17)25(31)28-11-5-8-20(29)16-28/h4,6-7,9-10,12-13,20,29H,5,8,11,14-16H2,1-3H3. The van der Waals surface area contributed by atoms with Gasteiger partial charge < -0.3 is 14.7 Å². The zero-order valence-corrected chi connectivity index (χ0v) is 18.9. The van der Waals surface area contributed by atoms with E-state index < -0.39 is 6.10 Å². The van der Waals surface area contributed by atoms with Gasteiger partial charge in [-0.3, -0.25) is 14.6 Å². The summed E-state index contributed by atoms with van der Waals surface area (Å²) in [6.45, 7) is 5.09. The van der Waals surface area contributed by atoms with Crippen molar-refractivity contribution in [3.8, 4) is 5.75 Å². The number of β-amino-alcohol motifs (C(OH)–C–C–N with tert-alkyl or cyclic N) is 1. The van der Waals surface area contributed by atoms with Crippen LogP contribution in [0.3, 0.4) is 0 Å². The molecule has 0 saturated carbocycles. The number of hydrogen-bond acceptors (Lipinski definition) is 5. The van der Waals surface area contributed by atoms with Gasteiger partial charge in [-0.2, -0.15) is 0 Å². The van der Waals surface area contributed by atoms with Crippen molar-refractivity contribution in [1.82, 2.24) is 4.90 Å². The van der Waals surface area contributed by atoms with E-state index >= 15 is 0 Å². The van der Waals surface area contributed by atoms with Crippen LogP contribution in [0.15, 0.2) is 47.5 Å². The number of hydrogen-bond donors (Lipinski definition) is 1. The third-order valence-electron chi connectivity index (χ3n) is 6.13. The second-order valence-electron chi connectivity index (χ2n) is 9.30. The van der Waals surface area contributed by atoms with Gasteiger partial charge in [-0.05, 0) is 62.9 Å². The smallest absolute Gasteiger partial charge is 0.253 e. The molecule has 1 amide bonds. The molecule has 1 unspecified atom stereocenters. The van der Waals surface area contributed by atoms with Crippen molar-refractivity contribution in [2.24, 2.45) is 4.99 Å². The molecule has 6 heteroatoms. The van der Waals surface area contributed by atoms with Gasteiger partial charge in [0, 0.05) is 29.8 Å². The Balaban J connectivity index is 1.57. The number of Topliss-reactive ketones (excluding diaryl/α,β-unsaturated/α-hetero) is 1. The Hall–Kier alpha value is -2.99. The van der Waals surface area contributed by atoms with Crippen LogP contribution in [0.25, 0.3) is 0 Å². The molecule has 2 heterocycles. The predicted octanol–water partition coefficient (Wildman–Crippen LogP) is 3.69. The van der Waals surface area contributed by atoms with Crippen LogP contribution in [0.5, 0.6) is 5.75 Å². The second kappa shape index (κ2) is 8.87. The molecule has 6 nitrogen and oxygen atoms in total. The summed E-state index contributed by atoms with van der Waals surface area (Å²) in [5.74, 6) is 0.507. The zero-order valence-electron chi connectivity index (χ0n) is 18.9. The average molecular weight is 435 g/mol. The van der Waals surface area contributed by atoms with Crippen molar-refractivity contribution in [3.05, 3.63) is 64.7 Å². The van der Waals surface area contributed by atoms with E-state index in [0.717, 1.165) is 35.4 Å². The Morgan fingerprint density at radius 3 is 2.72 bits per heavy atom. The summed E-state index contributed by atoms with van der Waals surface area (Å²) in [5, 5.41) is 9.89. The summed E-state index contributed by atoms with van der Waals surface area (Å²) < 4.78 is 5.38. The zero-order chi connectivity index (χ0) is 22.9. The van der Waals surface area contributed by atoms with E-state index in [-0.39, 0.29) is 23.7 Å². The SMILES string of the molecule is COc1ccc2c(c1)C(CC(=O)c1cccc(C(=O)N3CCCC(O)C3)c1)=NC(C)(C)C2. The molecule has 0 radical (unpaired) electrons. The summed E-state index contributed by atoms with van der Waals surface area (Å²) in [5.41, 5.74) is 3.52. The first kappa shape index (κ1) is 22.2. The van der Waals surface area contributed by atoms with Gasteiger partial charge in [0.2, 0.25) is 0 Å². The van der Waals surface area contributed by atoms with E-state index in [1.807, 2.05) is 18.2 Å². The lowest BCUT2D eigenvalue weighted by Crippen LogP contribution is -2.42. The minimum Gasteiger partial charge on any atom is -0.497 e. The van der Waals surface area contributed by atoms with Crippen LogP contribution >= 0.6 is 0 Å². The van der Waals surface area contributed by atoms with Crippen LogP contribution in [-0.2, 0) is 6.42 Å². The highest BCUT2D eigenvalue weighted by atomic mass is 16.5. The molecule has 2 aromatic carbocycles. The number of methoxy groups -OCH3 is 1. The third-order valence-corrected chi connectivity index (χ3v) is 6.13. The van der Waals surface area contributed by atoms with Gasteiger partial charge in [0.25, 0.3) is 5.91 Å². The highest BCUT2D eigenvalue weighted by Gasteiger charge is 2.29. The van der Waals surface area contributed by atoms with Crippen LogP contribution in [0, 0.1) is 0 Å². The molecule has 0 bridgehead atoms. The fraction of sp³-hybridized carbons (Fsp3) is 0.423. The minimum absolute atomic E-state index is 0.0800. The topological polar surface area (TPSA) is 79.2 Å². The minimum atomic E-state index is -0.484. The molecule has 2 aromatic rings. The van der Waals surface area contributed by atoms with Gasteiger partial charge >= 0.3 is 0 Å². The van der Waals surface area contributed by atoms with Crippen LogP contribution in [0.4, 0.5) is 0 Å². The molecular formula is C26H30N2O4. The van der Waals surface area contributed by atoms with Crippen LogP contribution in [0.2, 0.25) is 0 Å². The highest BCUT2D eigenvalue weighted by molar-refractivity contribution is 6.17. The fourth-order valence-corrected chi connectivity index (χ4v) is 4.57. The number of benzene rings is 2. The summed E-state index contributed by atoms with van der Waals surface area (Å²) >= 11 is 0. The second-order valence-corrected chi connectivity index (χ2v) is 9.30. The summed E-state index contributed by atoms with van der Waals surface area (Å²) in [4.78, 5) is 32.6. The van der Waals surface area contributed by atoms with Crippen molar-refractivity contribution < 1.29 is 19.4 Å². The van der Waals surface area contributed by atoms with Gasteiger partial charge in [0.15, 0.2) is 5.78 Å². The Morgan fingerprint density at radius 1 is 1.19 bits per heavy atom. The van der Waals surface area contributed by atoms with Crippen molar-refractivity contribution >= 4 is 17.4 Å². The van der Waals surface area contributed by atoms with Gasteiger partial charge in [0.05, 0.1) is 30.9 Å². The molecule has 2 aliphatic rings. The molecular weight excluding hydrogens is 404 g/mol. The van der Waals surface area contributed by atoms with Gasteiger partial charge in [-0.1, -0.05) is 18.2 Å². The normalized spacial score (nSPS) is 19.7. The molecule has 0 aromatic heterocycles. The number of likely N-dealkylation sites (tertiary alicyclic amines) is 1. The number of aliphatic imine (C=N–C) groups is 1. The maximum Gasteiger partial charge on any atom is 0.253 e. The van der Waals surface area contributed by atoms with E-state index in [4.69, 9.17) is 9.73 Å². The first-order chi connectivity index (χ1) is 15.3. The van der Waals surface area contributed by atoms with Crippen LogP contribution in [0.1, 0.15) is 65.0 Å². The Labute approximate surface area is 188 Å². The monoisotopic (exact) mass is 434 g/mol. The third kappa shape index (κ3) is 4.75. The molecule has 1 atom stereocenters. The molecule has 1 saturated heterocycles. The van der Waals surface area contributed by atoms with E-state index in [9.17, 15) is 14.7 Å². The maximum absolute atomic E-state index is 13.2. The Bertz CT molecular complexity index is 1070. The maximum atomic E-state index is 13.2. The number of rotatable bonds is 5. The summed E-state index contributed by atoms with van der Waals surface area (Å²) in [6, 6.07) is 12.8. The number of piperidine rings is 1. The lowest BCUT2D eigenvalue weighted by Gasteiger charge is -2.30. The lowest BCUT2D eigenvalue weighted by atomic mass is 9.85. The number of carbonyl (C=O) groups is 2. The Morgan fingerprint density at radius 2 is 1.97 bits per heavy atom. The largest absolute Gasteiger partial charge is 0.497 e. The molecule has 168 valence electrons. The first-order valence-electron chi connectivity index (χ1n) is 11.1. The lowest BCUT2D eigenvalue weighted by molar-refractivity contribution is 0.0473. The number of fused-ring (bicyclic) bond motifs is 1. The fourth-order valence-electron chi connectivity index (χ4n) is 4.57. The first-order valence-corrected chi connectivity index (χ1v) is 11.1. The van der Waals surface area contributed by atoms with Crippen LogP contribution < -0.4 is 4.74 Å². The van der Waals surface area contributed by atoms with E-state index in [1.54, 1.807) is 36.3 Å². The van der Waals surface area contributed by atoms with E-state index in [1.165, 1.54) is 0 Å². The quantitative estimate of drug-likeness (QED) is 0.728. The molecule has 2 aliphatic heterocycles. The average Bonchev–Trinajstić information content (AvgIpc) is 2.77. The molecule has 1 N–H and O–H groups in total. The summed E-state index contributed by atoms with van der Waals surface area (Å²) in [7, 11) is 1.63. The van der Waals surface area contributed by atoms with Crippen molar-refractivity contribution in [1.29, 1.82) is 0 Å². The van der Waals surface area contributed by atoms with Crippen molar-refractivity contribution in [2.75, 3.05) is 20.2 Å². The molecule has 1 fully saturated rings. The highest BCUT2D eigenvalue weighted by Crippen LogP contribution is 2.31. The van der Waals surface area contributed by atoms with Crippen LogP contribution in [-0.4, -0.2) is 59.3 Å². The van der Waals surface area contributed by atoms with Gasteiger partial charge in [-0.15, -0.1) is 0 Å². The Kier molecular flexibility index (Phi) is 6.15. The van der Waals surface area contributed by atoms with Gasteiger partial charge in [0.1, 0.15) is 5.75 Å². The van der Waals surface area contributed by atoms with Crippen molar-refractivity contribution in [3.63, 3.8) is 0 Å². The predicted molar refractivity (Wildman–Crippen MR) is 124 cm³/mol. The molecule has 4 rings (SSSR count). The number of amides is 1. The number of nitrogens with zero attached hydrogens (tertiary/aromatic N) is 2. The summed E-state index contributed by atoms with van der Waals surface area (Å²) in [6.07, 6.45) is 1.97. The number of ether oxygens (including phenoxy) is 1. The number of aliphatic hydroxyl groups excluding tert-OH is 1. The van der Waals surface area contributed by atoms with Crippen molar-refractivity contribution in [2.45, 2.75) is 51.2 Å². The van der Waals surface area contributed by atoms with Gasteiger partial charge in [-0.25, -0.2) is 0 Å². The number of aliphatic hydroxyl groups is 1. The van der Waals surface area contributed by atoms with E-state index in [2.05, 4.69) is 13.8 Å².